The highest BCUT2D eigenvalue weighted by atomic mass is 79.9. The SMILES string of the molecule is CCC(C)CN(C)CCCCCBr. The summed E-state index contributed by atoms with van der Waals surface area (Å²) in [6, 6.07) is 0. The lowest BCUT2D eigenvalue weighted by Crippen LogP contribution is -2.25. The number of hydrogen-bond donors (Lipinski definition) is 0. The molecule has 0 aromatic rings. The van der Waals surface area contributed by atoms with E-state index in [0.717, 1.165) is 11.2 Å². The third kappa shape index (κ3) is 8.76. The molecule has 0 heterocycles. The van der Waals surface area contributed by atoms with Crippen LogP contribution in [0.4, 0.5) is 0 Å². The van der Waals surface area contributed by atoms with Gasteiger partial charge in [-0.2, -0.15) is 0 Å². The number of alkyl halides is 1. The Morgan fingerprint density at radius 1 is 1.23 bits per heavy atom. The normalized spacial score (nSPS) is 13.6. The summed E-state index contributed by atoms with van der Waals surface area (Å²) < 4.78 is 0. The molecule has 80 valence electrons. The van der Waals surface area contributed by atoms with Crippen LogP contribution in [-0.2, 0) is 0 Å². The van der Waals surface area contributed by atoms with Crippen molar-refractivity contribution in [1.82, 2.24) is 4.90 Å². The minimum atomic E-state index is 0.848. The van der Waals surface area contributed by atoms with Crippen molar-refractivity contribution in [2.24, 2.45) is 5.92 Å². The van der Waals surface area contributed by atoms with E-state index in [1.807, 2.05) is 0 Å². The predicted molar refractivity (Wildman–Crippen MR) is 64.6 cm³/mol. The molecule has 0 aromatic heterocycles. The maximum Gasteiger partial charge on any atom is 0.00313 e. The van der Waals surface area contributed by atoms with Crippen molar-refractivity contribution in [2.45, 2.75) is 39.5 Å². The van der Waals surface area contributed by atoms with Gasteiger partial charge in [0.1, 0.15) is 0 Å². The van der Waals surface area contributed by atoms with Crippen LogP contribution >= 0.6 is 15.9 Å². The molecule has 0 aliphatic rings. The summed E-state index contributed by atoms with van der Waals surface area (Å²) in [5, 5.41) is 1.15. The van der Waals surface area contributed by atoms with Gasteiger partial charge >= 0.3 is 0 Å². The van der Waals surface area contributed by atoms with E-state index in [-0.39, 0.29) is 0 Å². The summed E-state index contributed by atoms with van der Waals surface area (Å²) in [5.74, 6) is 0.848. The Balaban J connectivity index is 3.24. The molecular weight excluding hydrogens is 226 g/mol. The van der Waals surface area contributed by atoms with Crippen molar-refractivity contribution < 1.29 is 0 Å². The Morgan fingerprint density at radius 2 is 1.92 bits per heavy atom. The molecule has 0 N–H and O–H groups in total. The average Bonchev–Trinajstić information content (AvgIpc) is 2.12. The zero-order valence-corrected chi connectivity index (χ0v) is 10.9. The van der Waals surface area contributed by atoms with Crippen LogP contribution in [0.2, 0.25) is 0 Å². The van der Waals surface area contributed by atoms with Crippen LogP contribution in [0, 0.1) is 5.92 Å². The maximum absolute atomic E-state index is 3.45. The van der Waals surface area contributed by atoms with Crippen molar-refractivity contribution in [3.8, 4) is 0 Å². The number of rotatable bonds is 8. The lowest BCUT2D eigenvalue weighted by Gasteiger charge is -2.20. The smallest absolute Gasteiger partial charge is 0.00313 e. The molecule has 13 heavy (non-hydrogen) atoms. The summed E-state index contributed by atoms with van der Waals surface area (Å²) in [6.45, 7) is 7.11. The standard InChI is InChI=1S/C11H24BrN/c1-4-11(2)10-13(3)9-7-5-6-8-12/h11H,4-10H2,1-3H3. The first-order valence-electron chi connectivity index (χ1n) is 5.45. The molecule has 1 unspecified atom stereocenters. The lowest BCUT2D eigenvalue weighted by molar-refractivity contribution is 0.277. The first kappa shape index (κ1) is 13.4. The molecule has 0 saturated heterocycles. The molecule has 0 amide bonds. The maximum atomic E-state index is 3.45. The minimum Gasteiger partial charge on any atom is -0.306 e. The Kier molecular flexibility index (Phi) is 9.32. The molecule has 1 atom stereocenters. The van der Waals surface area contributed by atoms with Crippen molar-refractivity contribution >= 4 is 15.9 Å². The molecule has 0 aliphatic carbocycles. The molecular formula is C11H24BrN. The fourth-order valence-corrected chi connectivity index (χ4v) is 1.80. The van der Waals surface area contributed by atoms with E-state index < -0.39 is 0 Å². The first-order valence-corrected chi connectivity index (χ1v) is 6.57. The van der Waals surface area contributed by atoms with E-state index in [1.54, 1.807) is 0 Å². The van der Waals surface area contributed by atoms with Crippen molar-refractivity contribution in [3.63, 3.8) is 0 Å². The lowest BCUT2D eigenvalue weighted by atomic mass is 10.1. The number of halogens is 1. The molecule has 1 nitrogen and oxygen atoms in total. The Bertz CT molecular complexity index is 106. The monoisotopic (exact) mass is 249 g/mol. The van der Waals surface area contributed by atoms with Gasteiger partial charge in [0.25, 0.3) is 0 Å². The van der Waals surface area contributed by atoms with Gasteiger partial charge in [-0.05, 0) is 32.4 Å². The molecule has 0 aliphatic heterocycles. The molecule has 0 radical (unpaired) electrons. The molecule has 2 heteroatoms. The summed E-state index contributed by atoms with van der Waals surface area (Å²) >= 11 is 3.45. The van der Waals surface area contributed by atoms with Gasteiger partial charge in [-0.3, -0.25) is 0 Å². The van der Waals surface area contributed by atoms with Gasteiger partial charge in [0.15, 0.2) is 0 Å². The van der Waals surface area contributed by atoms with Gasteiger partial charge in [0.2, 0.25) is 0 Å². The zero-order valence-electron chi connectivity index (χ0n) is 9.35. The third-order valence-corrected chi connectivity index (χ3v) is 3.05. The third-order valence-electron chi connectivity index (χ3n) is 2.49. The van der Waals surface area contributed by atoms with Gasteiger partial charge in [0, 0.05) is 11.9 Å². The Morgan fingerprint density at radius 3 is 2.46 bits per heavy atom. The van der Waals surface area contributed by atoms with Gasteiger partial charge < -0.3 is 4.90 Å². The van der Waals surface area contributed by atoms with Crippen LogP contribution in [0.25, 0.3) is 0 Å². The molecule has 0 fully saturated rings. The largest absolute Gasteiger partial charge is 0.306 e. The summed E-state index contributed by atoms with van der Waals surface area (Å²) in [5.41, 5.74) is 0. The molecule has 0 rings (SSSR count). The highest BCUT2D eigenvalue weighted by Gasteiger charge is 2.03. The summed E-state index contributed by atoms with van der Waals surface area (Å²) in [6.07, 6.45) is 5.32. The number of nitrogens with zero attached hydrogens (tertiary/aromatic N) is 1. The van der Waals surface area contributed by atoms with Crippen molar-refractivity contribution in [2.75, 3.05) is 25.5 Å². The van der Waals surface area contributed by atoms with Crippen LogP contribution in [-0.4, -0.2) is 30.4 Å². The summed E-state index contributed by atoms with van der Waals surface area (Å²) in [4.78, 5) is 2.46. The molecule has 0 aromatic carbocycles. The second-order valence-electron chi connectivity index (χ2n) is 4.03. The van der Waals surface area contributed by atoms with Crippen LogP contribution in [0.15, 0.2) is 0 Å². The van der Waals surface area contributed by atoms with E-state index in [4.69, 9.17) is 0 Å². The van der Waals surface area contributed by atoms with Gasteiger partial charge in [0.05, 0.1) is 0 Å². The minimum absolute atomic E-state index is 0.848. The molecule has 0 spiro atoms. The van der Waals surface area contributed by atoms with E-state index in [1.165, 1.54) is 38.8 Å². The van der Waals surface area contributed by atoms with Crippen LogP contribution in [0.1, 0.15) is 39.5 Å². The Hall–Kier alpha value is 0.440. The number of hydrogen-bond acceptors (Lipinski definition) is 1. The van der Waals surface area contributed by atoms with Crippen LogP contribution < -0.4 is 0 Å². The van der Waals surface area contributed by atoms with E-state index >= 15 is 0 Å². The second kappa shape index (κ2) is 9.01. The van der Waals surface area contributed by atoms with Gasteiger partial charge in [-0.15, -0.1) is 0 Å². The number of unbranched alkanes of at least 4 members (excludes halogenated alkanes) is 2. The zero-order chi connectivity index (χ0) is 10.1. The quantitative estimate of drug-likeness (QED) is 0.470. The van der Waals surface area contributed by atoms with Gasteiger partial charge in [-0.25, -0.2) is 0 Å². The average molecular weight is 250 g/mol. The first-order chi connectivity index (χ1) is 6.20. The van der Waals surface area contributed by atoms with Crippen molar-refractivity contribution in [1.29, 1.82) is 0 Å². The molecule has 0 bridgehead atoms. The topological polar surface area (TPSA) is 3.24 Å². The Labute approximate surface area is 92.0 Å². The fourth-order valence-electron chi connectivity index (χ4n) is 1.41. The second-order valence-corrected chi connectivity index (χ2v) is 4.82. The predicted octanol–water partition coefficient (Wildman–Crippen LogP) is 3.53. The van der Waals surface area contributed by atoms with E-state index in [9.17, 15) is 0 Å². The summed E-state index contributed by atoms with van der Waals surface area (Å²) in [7, 11) is 2.24. The van der Waals surface area contributed by atoms with Crippen LogP contribution in [0.5, 0.6) is 0 Å². The highest BCUT2D eigenvalue weighted by Crippen LogP contribution is 2.05. The van der Waals surface area contributed by atoms with Crippen molar-refractivity contribution in [3.05, 3.63) is 0 Å². The van der Waals surface area contributed by atoms with Crippen LogP contribution in [0.3, 0.4) is 0 Å². The van der Waals surface area contributed by atoms with Gasteiger partial charge in [-0.1, -0.05) is 42.6 Å². The van der Waals surface area contributed by atoms with E-state index in [0.29, 0.717) is 0 Å². The highest BCUT2D eigenvalue weighted by molar-refractivity contribution is 9.09. The fraction of sp³-hybridized carbons (Fsp3) is 1.00. The molecule has 0 saturated carbocycles. The van der Waals surface area contributed by atoms with E-state index in [2.05, 4.69) is 41.7 Å².